The summed E-state index contributed by atoms with van der Waals surface area (Å²) in [4.78, 5) is 2.77. The van der Waals surface area contributed by atoms with Crippen LogP contribution in [0.1, 0.15) is 51.4 Å². The van der Waals surface area contributed by atoms with Gasteiger partial charge in [-0.25, -0.2) is 0 Å². The largest absolute Gasteiger partial charge is 0.382 e. The van der Waals surface area contributed by atoms with Gasteiger partial charge in [-0.3, -0.25) is 0 Å². The van der Waals surface area contributed by atoms with Crippen LogP contribution in [0.15, 0.2) is 28.7 Å². The highest BCUT2D eigenvalue weighted by molar-refractivity contribution is 9.10. The van der Waals surface area contributed by atoms with Crippen molar-refractivity contribution in [3.8, 4) is 0 Å². The molecule has 0 bridgehead atoms. The smallest absolute Gasteiger partial charge is 0.0353 e. The maximum atomic E-state index is 3.70. The van der Waals surface area contributed by atoms with Gasteiger partial charge in [0, 0.05) is 35.3 Å². The fraction of sp³-hybridized carbons (Fsp3) is 0.667. The Bertz CT molecular complexity index is 433. The number of hydrogen-bond acceptors (Lipinski definition) is 2. The standard InChI is InChI=1S/C18H27BrN2/c19-15-6-5-7-17(14-15)20-16-10-12-21(13-11-16)18-8-3-1-2-4-9-18/h5-7,14,16,18,20H,1-4,8-13H2. The van der Waals surface area contributed by atoms with Crippen LogP contribution in [0.3, 0.4) is 0 Å². The van der Waals surface area contributed by atoms with Crippen molar-refractivity contribution in [3.05, 3.63) is 28.7 Å². The van der Waals surface area contributed by atoms with Crippen LogP contribution in [0.4, 0.5) is 5.69 Å². The first-order valence-electron chi connectivity index (χ1n) is 8.57. The highest BCUT2D eigenvalue weighted by Gasteiger charge is 2.25. The van der Waals surface area contributed by atoms with E-state index >= 15 is 0 Å². The van der Waals surface area contributed by atoms with Gasteiger partial charge in [0.2, 0.25) is 0 Å². The molecule has 0 atom stereocenters. The van der Waals surface area contributed by atoms with Crippen LogP contribution in [-0.2, 0) is 0 Å². The zero-order chi connectivity index (χ0) is 14.5. The predicted molar refractivity (Wildman–Crippen MR) is 93.8 cm³/mol. The number of piperidine rings is 1. The molecule has 0 radical (unpaired) electrons. The van der Waals surface area contributed by atoms with Crippen LogP contribution < -0.4 is 5.32 Å². The molecule has 1 saturated heterocycles. The van der Waals surface area contributed by atoms with Crippen molar-refractivity contribution >= 4 is 21.6 Å². The molecule has 116 valence electrons. The summed E-state index contributed by atoms with van der Waals surface area (Å²) in [5.41, 5.74) is 1.25. The quantitative estimate of drug-likeness (QED) is 0.767. The summed E-state index contributed by atoms with van der Waals surface area (Å²) < 4.78 is 1.16. The van der Waals surface area contributed by atoms with Crippen molar-refractivity contribution < 1.29 is 0 Å². The summed E-state index contributed by atoms with van der Waals surface area (Å²) in [7, 11) is 0. The molecule has 2 aliphatic rings. The maximum absolute atomic E-state index is 3.70. The van der Waals surface area contributed by atoms with Crippen LogP contribution in [0.25, 0.3) is 0 Å². The van der Waals surface area contributed by atoms with Crippen molar-refractivity contribution in [2.75, 3.05) is 18.4 Å². The van der Waals surface area contributed by atoms with Gasteiger partial charge in [-0.2, -0.15) is 0 Å². The van der Waals surface area contributed by atoms with E-state index in [-0.39, 0.29) is 0 Å². The first-order valence-corrected chi connectivity index (χ1v) is 9.37. The number of rotatable bonds is 3. The van der Waals surface area contributed by atoms with Crippen molar-refractivity contribution in [1.29, 1.82) is 0 Å². The number of anilines is 1. The van der Waals surface area contributed by atoms with E-state index < -0.39 is 0 Å². The summed E-state index contributed by atoms with van der Waals surface area (Å²) >= 11 is 3.55. The molecule has 2 fully saturated rings. The fourth-order valence-electron chi connectivity index (χ4n) is 3.85. The van der Waals surface area contributed by atoms with Gasteiger partial charge in [-0.1, -0.05) is 47.7 Å². The molecule has 21 heavy (non-hydrogen) atoms. The minimum absolute atomic E-state index is 0.640. The minimum atomic E-state index is 0.640. The number of benzene rings is 1. The number of hydrogen-bond donors (Lipinski definition) is 1. The number of halogens is 1. The second-order valence-corrected chi connectivity index (χ2v) is 7.53. The zero-order valence-corrected chi connectivity index (χ0v) is 14.4. The fourth-order valence-corrected chi connectivity index (χ4v) is 4.25. The molecule has 1 aliphatic carbocycles. The van der Waals surface area contributed by atoms with Crippen LogP contribution in [-0.4, -0.2) is 30.1 Å². The second kappa shape index (κ2) is 7.64. The maximum Gasteiger partial charge on any atom is 0.0353 e. The van der Waals surface area contributed by atoms with Crippen LogP contribution >= 0.6 is 15.9 Å². The first kappa shape index (κ1) is 15.4. The third-order valence-corrected chi connectivity index (χ3v) is 5.56. The Morgan fingerprint density at radius 1 is 0.952 bits per heavy atom. The molecule has 1 heterocycles. The lowest BCUT2D eigenvalue weighted by atomic mass is 9.99. The van der Waals surface area contributed by atoms with Gasteiger partial charge in [0.05, 0.1) is 0 Å². The van der Waals surface area contributed by atoms with Gasteiger partial charge in [-0.05, 0) is 43.9 Å². The number of nitrogens with one attached hydrogen (secondary N) is 1. The molecule has 1 N–H and O–H groups in total. The first-order chi connectivity index (χ1) is 10.3. The average molecular weight is 351 g/mol. The summed E-state index contributed by atoms with van der Waals surface area (Å²) in [5.74, 6) is 0. The molecule has 0 aromatic heterocycles. The monoisotopic (exact) mass is 350 g/mol. The Morgan fingerprint density at radius 3 is 2.33 bits per heavy atom. The highest BCUT2D eigenvalue weighted by atomic mass is 79.9. The van der Waals surface area contributed by atoms with E-state index in [2.05, 4.69) is 50.4 Å². The Kier molecular flexibility index (Phi) is 5.59. The lowest BCUT2D eigenvalue weighted by Crippen LogP contribution is -2.44. The van der Waals surface area contributed by atoms with E-state index in [4.69, 9.17) is 0 Å². The molecule has 0 spiro atoms. The Labute approximate surface area is 137 Å². The van der Waals surface area contributed by atoms with Gasteiger partial charge in [0.1, 0.15) is 0 Å². The van der Waals surface area contributed by atoms with Crippen LogP contribution in [0.5, 0.6) is 0 Å². The number of likely N-dealkylation sites (tertiary alicyclic amines) is 1. The molecule has 2 nitrogen and oxygen atoms in total. The molecule has 1 aromatic carbocycles. The average Bonchev–Trinajstić information content (AvgIpc) is 2.77. The normalized spacial score (nSPS) is 22.9. The molecule has 1 saturated carbocycles. The molecule has 0 amide bonds. The summed E-state index contributed by atoms with van der Waals surface area (Å²) in [6.07, 6.45) is 11.2. The van der Waals surface area contributed by atoms with Crippen molar-refractivity contribution in [2.24, 2.45) is 0 Å². The van der Waals surface area contributed by atoms with E-state index in [9.17, 15) is 0 Å². The summed E-state index contributed by atoms with van der Waals surface area (Å²) in [6.45, 7) is 2.55. The Morgan fingerprint density at radius 2 is 1.67 bits per heavy atom. The third-order valence-electron chi connectivity index (χ3n) is 5.07. The van der Waals surface area contributed by atoms with E-state index in [1.165, 1.54) is 70.1 Å². The second-order valence-electron chi connectivity index (χ2n) is 6.61. The summed E-state index contributed by atoms with van der Waals surface area (Å²) in [5, 5.41) is 3.70. The molecule has 3 rings (SSSR count). The molecular formula is C18H27BrN2. The molecule has 0 unspecified atom stereocenters. The van der Waals surface area contributed by atoms with Gasteiger partial charge in [0.15, 0.2) is 0 Å². The lowest BCUT2D eigenvalue weighted by molar-refractivity contribution is 0.143. The van der Waals surface area contributed by atoms with Crippen molar-refractivity contribution in [2.45, 2.75) is 63.5 Å². The SMILES string of the molecule is Brc1cccc(NC2CCN(C3CCCCCC3)CC2)c1. The highest BCUT2D eigenvalue weighted by Crippen LogP contribution is 2.26. The predicted octanol–water partition coefficient (Wildman–Crippen LogP) is 5.05. The zero-order valence-electron chi connectivity index (χ0n) is 12.9. The van der Waals surface area contributed by atoms with Crippen LogP contribution in [0.2, 0.25) is 0 Å². The van der Waals surface area contributed by atoms with Gasteiger partial charge < -0.3 is 10.2 Å². The van der Waals surface area contributed by atoms with Gasteiger partial charge >= 0.3 is 0 Å². The van der Waals surface area contributed by atoms with E-state index in [1.807, 2.05) is 0 Å². The van der Waals surface area contributed by atoms with Gasteiger partial charge in [-0.15, -0.1) is 0 Å². The Hall–Kier alpha value is -0.540. The van der Waals surface area contributed by atoms with Gasteiger partial charge in [0.25, 0.3) is 0 Å². The topological polar surface area (TPSA) is 15.3 Å². The third kappa shape index (κ3) is 4.46. The molecular weight excluding hydrogens is 324 g/mol. The lowest BCUT2D eigenvalue weighted by Gasteiger charge is -2.38. The molecule has 1 aliphatic heterocycles. The molecule has 1 aromatic rings. The van der Waals surface area contributed by atoms with Crippen LogP contribution in [0, 0.1) is 0 Å². The summed E-state index contributed by atoms with van der Waals surface area (Å²) in [6, 6.07) is 10.0. The van der Waals surface area contributed by atoms with Crippen molar-refractivity contribution in [3.63, 3.8) is 0 Å². The van der Waals surface area contributed by atoms with Crippen molar-refractivity contribution in [1.82, 2.24) is 4.90 Å². The van der Waals surface area contributed by atoms with E-state index in [1.54, 1.807) is 0 Å². The Balaban J connectivity index is 1.48. The number of nitrogens with zero attached hydrogens (tertiary/aromatic N) is 1. The molecule has 3 heteroatoms. The van der Waals surface area contributed by atoms with E-state index in [0.29, 0.717) is 6.04 Å². The minimum Gasteiger partial charge on any atom is -0.382 e. The van der Waals surface area contributed by atoms with E-state index in [0.717, 1.165) is 10.5 Å².